The molecule has 9 nitrogen and oxygen atoms in total. The Morgan fingerprint density at radius 3 is 1.71 bits per heavy atom. The van der Waals surface area contributed by atoms with Crippen LogP contribution in [0.25, 0.3) is 16.8 Å². The second-order valence-corrected chi connectivity index (χ2v) is 16.3. The van der Waals surface area contributed by atoms with Crippen LogP contribution in [0.1, 0.15) is 90.9 Å². The molecule has 0 saturated heterocycles. The van der Waals surface area contributed by atoms with Gasteiger partial charge in [0, 0.05) is 29.1 Å². The first-order valence-corrected chi connectivity index (χ1v) is 22.6. The van der Waals surface area contributed by atoms with Gasteiger partial charge in [0.25, 0.3) is 0 Å². The van der Waals surface area contributed by atoms with Gasteiger partial charge in [-0.3, -0.25) is 0 Å². The first-order valence-electron chi connectivity index (χ1n) is 22.6. The number of nitrogens with zero attached hydrogens (tertiary/aromatic N) is 2. The number of hydrogen-bond donors (Lipinski definition) is 0. The third-order valence-electron chi connectivity index (χ3n) is 11.6. The normalized spacial score (nSPS) is 18.0. The van der Waals surface area contributed by atoms with Gasteiger partial charge in [0.1, 0.15) is 5.75 Å². The summed E-state index contributed by atoms with van der Waals surface area (Å²) in [6.45, 7) is 7.61. The van der Waals surface area contributed by atoms with Crippen LogP contribution in [0.5, 0.6) is 5.75 Å². The molecule has 0 spiro atoms. The molecule has 7 rings (SSSR count). The molecule has 0 N–H and O–H groups in total. The van der Waals surface area contributed by atoms with E-state index in [4.69, 9.17) is 33.2 Å². The van der Waals surface area contributed by atoms with Crippen LogP contribution in [-0.2, 0) is 41.6 Å². The van der Waals surface area contributed by atoms with E-state index in [2.05, 4.69) is 32.9 Å². The van der Waals surface area contributed by atoms with Crippen LogP contribution in [0.2, 0.25) is 0 Å². The number of fused-ring (bicyclic) bond motifs is 6. The van der Waals surface area contributed by atoms with Crippen LogP contribution in [0.4, 0.5) is 8.63 Å². The molecule has 3 aliphatic rings. The van der Waals surface area contributed by atoms with Crippen molar-refractivity contribution in [2.75, 3.05) is 72.7 Å². The molecule has 3 aromatic carbocycles. The molecule has 6 bridgehead atoms. The number of ether oxygens (including phenoxy) is 7. The molecule has 0 amide bonds. The van der Waals surface area contributed by atoms with Gasteiger partial charge in [-0.1, -0.05) is 75.8 Å². The molecule has 0 aliphatic carbocycles. The molecule has 0 saturated carbocycles. The second-order valence-electron chi connectivity index (χ2n) is 16.3. The van der Waals surface area contributed by atoms with E-state index >= 15 is 8.63 Å². The fraction of sp³-hybridized carbons (Fsp3) is 0.460. The molecule has 332 valence electrons. The van der Waals surface area contributed by atoms with E-state index in [1.165, 1.54) is 41.1 Å². The molecule has 0 unspecified atom stereocenters. The summed E-state index contributed by atoms with van der Waals surface area (Å²) in [5.41, 5.74) is 8.55. The van der Waals surface area contributed by atoms with Crippen LogP contribution in [0.3, 0.4) is 0 Å². The summed E-state index contributed by atoms with van der Waals surface area (Å²) in [7, 11) is 0. The van der Waals surface area contributed by atoms with Crippen molar-refractivity contribution in [2.45, 2.75) is 78.9 Å². The molecule has 0 fully saturated rings. The SMILES string of the molecule is CCCCCCCCCOc1cc(C)c(C2=C3C=CC4=[N+]3[B-](F)(F)n3c2ccc3-c2cccc(c2)COCCOCCOCCOCCOCCOCc2cccc4c2)c(C)c1. The first kappa shape index (κ1) is 45.6. The average Bonchev–Trinajstić information content (AvgIpc) is 3.93. The number of halogens is 2. The Kier molecular flexibility index (Phi) is 16.8. The largest absolute Gasteiger partial charge is 0.737 e. The van der Waals surface area contributed by atoms with Crippen LogP contribution in [0, 0.1) is 13.8 Å². The zero-order chi connectivity index (χ0) is 43.2. The van der Waals surface area contributed by atoms with E-state index in [0.29, 0.717) is 120 Å². The van der Waals surface area contributed by atoms with Crippen LogP contribution >= 0.6 is 0 Å². The lowest BCUT2D eigenvalue weighted by atomic mass is 9.83. The van der Waals surface area contributed by atoms with Gasteiger partial charge in [-0.05, 0) is 96.1 Å². The predicted molar refractivity (Wildman–Crippen MR) is 241 cm³/mol. The van der Waals surface area contributed by atoms with Gasteiger partial charge < -0.3 is 50.8 Å². The summed E-state index contributed by atoms with van der Waals surface area (Å²) in [4.78, 5) is 0. The standard InChI is InChI=1S/C50H63BF2N2O7/c1-4-5-6-7-8-9-10-21-62-44-32-38(2)49(39(3)33-44)50-47-19-17-45-42-15-11-13-40(34-42)36-60-30-28-58-26-24-56-22-23-57-25-27-59-29-31-61-37-41-14-12-16-43(35-41)46-18-20-48(50)55(46)51(52,53)54(45)47/h11-20,32-35H,4-10,21-31,36-37H2,1-3H3. The Hall–Kier alpha value is -4.43. The Bertz CT molecular complexity index is 2180. The van der Waals surface area contributed by atoms with Crippen molar-refractivity contribution in [3.63, 3.8) is 0 Å². The molecule has 3 aliphatic heterocycles. The number of benzene rings is 3. The van der Waals surface area contributed by atoms with Crippen molar-refractivity contribution in [1.29, 1.82) is 0 Å². The molecule has 4 aromatic rings. The number of hydrogen-bond acceptors (Lipinski definition) is 7. The molecule has 1 aromatic heterocycles. The summed E-state index contributed by atoms with van der Waals surface area (Å²) in [6.07, 6.45) is 12.2. The number of aryl methyl sites for hydroxylation is 2. The molecular formula is C50H63BF2N2O7. The molecule has 0 atom stereocenters. The highest BCUT2D eigenvalue weighted by atomic mass is 19.2. The minimum Gasteiger partial charge on any atom is -0.494 e. The number of aromatic nitrogens is 1. The van der Waals surface area contributed by atoms with Gasteiger partial charge in [-0.15, -0.1) is 0 Å². The third kappa shape index (κ3) is 11.4. The lowest BCUT2D eigenvalue weighted by Crippen LogP contribution is -2.51. The fourth-order valence-electron chi connectivity index (χ4n) is 8.62. The van der Waals surface area contributed by atoms with Gasteiger partial charge in [-0.25, -0.2) is 0 Å². The van der Waals surface area contributed by atoms with E-state index in [0.717, 1.165) is 52.0 Å². The number of rotatable bonds is 10. The maximum absolute atomic E-state index is 17.8. The zero-order valence-corrected chi connectivity index (χ0v) is 36.8. The third-order valence-corrected chi connectivity index (χ3v) is 11.6. The quantitative estimate of drug-likeness (QED) is 0.116. The van der Waals surface area contributed by atoms with E-state index in [9.17, 15) is 0 Å². The van der Waals surface area contributed by atoms with Gasteiger partial charge in [-0.2, -0.15) is 0 Å². The van der Waals surface area contributed by atoms with E-state index in [1.54, 1.807) is 0 Å². The number of allylic oxidation sites excluding steroid dienone is 2. The Balaban J connectivity index is 1.23. The van der Waals surface area contributed by atoms with E-state index < -0.39 is 6.97 Å². The minimum absolute atomic E-state index is 0.318. The van der Waals surface area contributed by atoms with E-state index in [-0.39, 0.29) is 0 Å². The fourth-order valence-corrected chi connectivity index (χ4v) is 8.62. The van der Waals surface area contributed by atoms with Gasteiger partial charge in [0.15, 0.2) is 11.4 Å². The van der Waals surface area contributed by atoms with E-state index in [1.807, 2.05) is 72.8 Å². The summed E-state index contributed by atoms with van der Waals surface area (Å²) in [6, 6.07) is 23.2. The molecular weight excluding hydrogens is 789 g/mol. The highest BCUT2D eigenvalue weighted by Crippen LogP contribution is 2.45. The summed E-state index contributed by atoms with van der Waals surface area (Å²) >= 11 is 0. The summed E-state index contributed by atoms with van der Waals surface area (Å²) in [5, 5.41) is 0. The number of unbranched alkanes of at least 4 members (excludes halogenated alkanes) is 6. The van der Waals surface area contributed by atoms with Gasteiger partial charge in [0.05, 0.1) is 91.5 Å². The lowest BCUT2D eigenvalue weighted by Gasteiger charge is -2.34. The first-order chi connectivity index (χ1) is 30.4. The maximum Gasteiger partial charge on any atom is 0.737 e. The zero-order valence-electron chi connectivity index (χ0n) is 36.8. The van der Waals surface area contributed by atoms with Gasteiger partial charge in [0.2, 0.25) is 0 Å². The Morgan fingerprint density at radius 1 is 0.597 bits per heavy atom. The van der Waals surface area contributed by atoms with Gasteiger partial charge >= 0.3 is 6.97 Å². The topological polar surface area (TPSA) is 72.6 Å². The van der Waals surface area contributed by atoms with Crippen molar-refractivity contribution >= 4 is 18.3 Å². The van der Waals surface area contributed by atoms with Crippen molar-refractivity contribution < 1.29 is 46.3 Å². The highest BCUT2D eigenvalue weighted by molar-refractivity contribution is 6.59. The predicted octanol–water partition coefficient (Wildman–Crippen LogP) is 10.1. The average molecular weight is 853 g/mol. The minimum atomic E-state index is -4.38. The monoisotopic (exact) mass is 852 g/mol. The van der Waals surface area contributed by atoms with Crippen molar-refractivity contribution in [3.05, 3.63) is 130 Å². The van der Waals surface area contributed by atoms with Crippen molar-refractivity contribution in [1.82, 2.24) is 4.48 Å². The van der Waals surface area contributed by atoms with Crippen LogP contribution < -0.4 is 4.74 Å². The summed E-state index contributed by atoms with van der Waals surface area (Å²) in [5.74, 6) is 0.802. The highest BCUT2D eigenvalue weighted by Gasteiger charge is 2.55. The molecule has 62 heavy (non-hydrogen) atoms. The maximum atomic E-state index is 17.8. The van der Waals surface area contributed by atoms with Crippen LogP contribution in [0.15, 0.2) is 90.6 Å². The lowest BCUT2D eigenvalue weighted by molar-refractivity contribution is -0.360. The molecule has 12 heteroatoms. The van der Waals surface area contributed by atoms with Crippen molar-refractivity contribution in [2.24, 2.45) is 0 Å². The molecule has 4 heterocycles. The Morgan fingerprint density at radius 2 is 1.11 bits per heavy atom. The van der Waals surface area contributed by atoms with Crippen LogP contribution in [-0.4, -0.2) is 94.3 Å². The van der Waals surface area contributed by atoms with Crippen molar-refractivity contribution in [3.8, 4) is 17.0 Å². The summed E-state index contributed by atoms with van der Waals surface area (Å²) < 4.78 is 78.9. The Labute approximate surface area is 366 Å². The smallest absolute Gasteiger partial charge is 0.494 e. The second kappa shape index (κ2) is 22.8. The molecule has 0 radical (unpaired) electrons.